The molecule has 1 aromatic carbocycles. The van der Waals surface area contributed by atoms with Crippen molar-refractivity contribution in [2.24, 2.45) is 0 Å². The van der Waals surface area contributed by atoms with Gasteiger partial charge in [0, 0.05) is 42.3 Å². The van der Waals surface area contributed by atoms with Crippen LogP contribution in [-0.4, -0.2) is 36.2 Å². The van der Waals surface area contributed by atoms with Gasteiger partial charge in [0.15, 0.2) is 0 Å². The van der Waals surface area contributed by atoms with E-state index < -0.39 is 0 Å². The summed E-state index contributed by atoms with van der Waals surface area (Å²) < 4.78 is 1.03. The van der Waals surface area contributed by atoms with E-state index in [4.69, 9.17) is 0 Å². The molecule has 0 radical (unpaired) electrons. The van der Waals surface area contributed by atoms with Gasteiger partial charge >= 0.3 is 0 Å². The lowest BCUT2D eigenvalue weighted by atomic mass is 9.96. The number of rotatable bonds is 5. The zero-order chi connectivity index (χ0) is 14.5. The minimum Gasteiger partial charge on any atom is -0.507 e. The molecule has 3 nitrogen and oxygen atoms in total. The van der Waals surface area contributed by atoms with E-state index in [-0.39, 0.29) is 30.9 Å². The Morgan fingerprint density at radius 3 is 2.59 bits per heavy atom. The first-order valence-corrected chi connectivity index (χ1v) is 7.97. The maximum absolute atomic E-state index is 10.4. The van der Waals surface area contributed by atoms with Crippen LogP contribution in [0.4, 0.5) is 0 Å². The largest absolute Gasteiger partial charge is 0.507 e. The fraction of sp³-hybridized carbons (Fsp3) is 0.500. The van der Waals surface area contributed by atoms with Crippen molar-refractivity contribution in [1.29, 1.82) is 0 Å². The first-order chi connectivity index (χ1) is 9.63. The molecule has 1 fully saturated rings. The molecule has 22 heavy (non-hydrogen) atoms. The average molecular weight is 412 g/mol. The summed E-state index contributed by atoms with van der Waals surface area (Å²) in [7, 11) is 0. The van der Waals surface area contributed by atoms with Crippen molar-refractivity contribution in [3.8, 4) is 5.75 Å². The lowest BCUT2D eigenvalue weighted by molar-refractivity contribution is 0.163. The van der Waals surface area contributed by atoms with Crippen molar-refractivity contribution in [3.05, 3.63) is 40.4 Å². The average Bonchev–Trinajstić information content (AvgIpc) is 2.45. The number of hydrogen-bond acceptors (Lipinski definition) is 3. The van der Waals surface area contributed by atoms with Gasteiger partial charge < -0.3 is 10.4 Å². The molecular weight excluding hydrogens is 387 g/mol. The van der Waals surface area contributed by atoms with E-state index >= 15 is 0 Å². The summed E-state index contributed by atoms with van der Waals surface area (Å²) in [6.07, 6.45) is 3.91. The third-order valence-corrected chi connectivity index (χ3v) is 4.35. The molecule has 0 aliphatic carbocycles. The molecule has 0 bridgehead atoms. The third kappa shape index (κ3) is 5.43. The molecule has 0 spiro atoms. The molecule has 1 saturated heterocycles. The number of nitrogens with one attached hydrogen (secondary N) is 1. The number of benzene rings is 1. The maximum atomic E-state index is 10.4. The van der Waals surface area contributed by atoms with E-state index in [1.54, 1.807) is 0 Å². The predicted molar refractivity (Wildman–Crippen MR) is 102 cm³/mol. The van der Waals surface area contributed by atoms with Crippen LogP contribution in [-0.2, 0) is 0 Å². The quantitative estimate of drug-likeness (QED) is 0.712. The minimum atomic E-state index is 0. The SMILES string of the molecule is C=CCC[C@H](c1cc(Br)cc(C)c1O)N1CCNCC1.Cl.Cl. The van der Waals surface area contributed by atoms with Gasteiger partial charge in [-0.15, -0.1) is 31.4 Å². The smallest absolute Gasteiger partial charge is 0.123 e. The summed E-state index contributed by atoms with van der Waals surface area (Å²) in [5.41, 5.74) is 1.95. The molecule has 6 heteroatoms. The second-order valence-electron chi connectivity index (χ2n) is 5.33. The minimum absolute atomic E-state index is 0. The highest BCUT2D eigenvalue weighted by atomic mass is 79.9. The topological polar surface area (TPSA) is 35.5 Å². The molecule has 1 heterocycles. The van der Waals surface area contributed by atoms with Crippen LogP contribution in [0.2, 0.25) is 0 Å². The summed E-state index contributed by atoms with van der Waals surface area (Å²) in [4.78, 5) is 2.46. The van der Waals surface area contributed by atoms with Crippen LogP contribution >= 0.6 is 40.7 Å². The number of aromatic hydroxyl groups is 1. The molecule has 2 N–H and O–H groups in total. The summed E-state index contributed by atoms with van der Waals surface area (Å²) >= 11 is 3.55. The summed E-state index contributed by atoms with van der Waals surface area (Å²) in [6.45, 7) is 9.84. The molecule has 1 aliphatic heterocycles. The van der Waals surface area contributed by atoms with Gasteiger partial charge in [0.05, 0.1) is 0 Å². The first kappa shape index (κ1) is 21.7. The second-order valence-corrected chi connectivity index (χ2v) is 6.24. The fourth-order valence-electron chi connectivity index (χ4n) is 2.82. The predicted octanol–water partition coefficient (Wildman–Crippen LogP) is 4.22. The van der Waals surface area contributed by atoms with Gasteiger partial charge in [-0.1, -0.05) is 22.0 Å². The highest BCUT2D eigenvalue weighted by molar-refractivity contribution is 9.10. The number of piperazine rings is 1. The lowest BCUT2D eigenvalue weighted by Crippen LogP contribution is -2.45. The van der Waals surface area contributed by atoms with E-state index in [1.807, 2.05) is 19.1 Å². The Morgan fingerprint density at radius 1 is 1.36 bits per heavy atom. The molecule has 2 rings (SSSR count). The zero-order valence-corrected chi connectivity index (χ0v) is 16.1. The van der Waals surface area contributed by atoms with Crippen LogP contribution in [0.1, 0.15) is 30.0 Å². The molecule has 0 unspecified atom stereocenters. The van der Waals surface area contributed by atoms with E-state index in [9.17, 15) is 5.11 Å². The van der Waals surface area contributed by atoms with Crippen LogP contribution in [0.5, 0.6) is 5.75 Å². The van der Waals surface area contributed by atoms with Gasteiger partial charge in [-0.05, 0) is 37.5 Å². The molecule has 126 valence electrons. The number of allylic oxidation sites excluding steroid dienone is 1. The van der Waals surface area contributed by atoms with Crippen molar-refractivity contribution < 1.29 is 5.11 Å². The van der Waals surface area contributed by atoms with E-state index in [0.717, 1.165) is 54.6 Å². The summed E-state index contributed by atoms with van der Waals surface area (Å²) in [6, 6.07) is 4.27. The Morgan fingerprint density at radius 2 is 2.00 bits per heavy atom. The Labute approximate surface area is 154 Å². The standard InChI is InChI=1S/C16H23BrN2O.2ClH/c1-3-4-5-15(19-8-6-18-7-9-19)14-11-13(17)10-12(2)16(14)20;;/h3,10-11,15,18,20H,1,4-9H2,2H3;2*1H/t15-;;/m1../s1. The molecule has 0 aromatic heterocycles. The lowest BCUT2D eigenvalue weighted by Gasteiger charge is -2.35. The molecule has 1 aliphatic rings. The van der Waals surface area contributed by atoms with Crippen molar-refractivity contribution >= 4 is 40.7 Å². The van der Waals surface area contributed by atoms with Gasteiger partial charge in [-0.25, -0.2) is 0 Å². The van der Waals surface area contributed by atoms with E-state index in [1.165, 1.54) is 0 Å². The zero-order valence-electron chi connectivity index (χ0n) is 12.8. The fourth-order valence-corrected chi connectivity index (χ4v) is 3.41. The van der Waals surface area contributed by atoms with Crippen LogP contribution in [0.3, 0.4) is 0 Å². The van der Waals surface area contributed by atoms with E-state index in [0.29, 0.717) is 5.75 Å². The van der Waals surface area contributed by atoms with Crippen molar-refractivity contribution in [2.45, 2.75) is 25.8 Å². The molecule has 1 aromatic rings. The molecule has 0 saturated carbocycles. The van der Waals surface area contributed by atoms with Crippen molar-refractivity contribution in [1.82, 2.24) is 10.2 Å². The highest BCUT2D eigenvalue weighted by Gasteiger charge is 2.24. The van der Waals surface area contributed by atoms with Crippen LogP contribution in [0.25, 0.3) is 0 Å². The number of aryl methyl sites for hydroxylation is 1. The van der Waals surface area contributed by atoms with Crippen LogP contribution in [0, 0.1) is 6.92 Å². The number of phenols is 1. The Hall–Kier alpha value is -0.260. The Balaban J connectivity index is 0.00000220. The van der Waals surface area contributed by atoms with Gasteiger partial charge in [-0.3, -0.25) is 4.90 Å². The van der Waals surface area contributed by atoms with Crippen LogP contribution in [0.15, 0.2) is 29.3 Å². The second kappa shape index (κ2) is 10.5. The Bertz CT molecular complexity index is 479. The first-order valence-electron chi connectivity index (χ1n) is 7.18. The number of phenolic OH excluding ortho intramolecular Hbond substituents is 1. The Kier molecular flexibility index (Phi) is 10.4. The van der Waals surface area contributed by atoms with Gasteiger partial charge in [0.2, 0.25) is 0 Å². The van der Waals surface area contributed by atoms with Gasteiger partial charge in [0.1, 0.15) is 5.75 Å². The highest BCUT2D eigenvalue weighted by Crippen LogP contribution is 2.36. The monoisotopic (exact) mass is 410 g/mol. The van der Waals surface area contributed by atoms with Crippen LogP contribution < -0.4 is 5.32 Å². The number of hydrogen-bond donors (Lipinski definition) is 2. The normalized spacial score (nSPS) is 16.3. The van der Waals surface area contributed by atoms with Gasteiger partial charge in [0.25, 0.3) is 0 Å². The molecule has 0 amide bonds. The van der Waals surface area contributed by atoms with Crippen molar-refractivity contribution in [2.75, 3.05) is 26.2 Å². The molecular formula is C16H25BrCl2N2O. The van der Waals surface area contributed by atoms with Gasteiger partial charge in [-0.2, -0.15) is 0 Å². The third-order valence-electron chi connectivity index (χ3n) is 3.89. The number of halogens is 3. The molecule has 1 atom stereocenters. The van der Waals surface area contributed by atoms with Crippen molar-refractivity contribution in [3.63, 3.8) is 0 Å². The summed E-state index contributed by atoms with van der Waals surface area (Å²) in [5.74, 6) is 0.431. The summed E-state index contributed by atoms with van der Waals surface area (Å²) in [5, 5.41) is 13.8. The number of nitrogens with zero attached hydrogens (tertiary/aromatic N) is 1. The maximum Gasteiger partial charge on any atom is 0.123 e. The van der Waals surface area contributed by atoms with E-state index in [2.05, 4.69) is 38.8 Å².